The quantitative estimate of drug-likeness (QED) is 0.619. The molecule has 1 aromatic heterocycles. The summed E-state index contributed by atoms with van der Waals surface area (Å²) in [4.78, 5) is 8.45. The smallest absolute Gasteiger partial charge is 0.162 e. The van der Waals surface area contributed by atoms with Crippen molar-refractivity contribution in [2.24, 2.45) is 0 Å². The Morgan fingerprint density at radius 3 is 1.61 bits per heavy atom. The third-order valence-electron chi connectivity index (χ3n) is 2.63. The molecule has 18 heavy (non-hydrogen) atoms. The molecule has 0 fully saturated rings. The molecule has 0 spiro atoms. The van der Waals surface area contributed by atoms with Crippen LogP contribution < -0.4 is 0 Å². The van der Waals surface area contributed by atoms with E-state index in [4.69, 9.17) is 23.2 Å². The van der Waals surface area contributed by atoms with Crippen LogP contribution >= 0.6 is 23.2 Å². The zero-order valence-corrected chi connectivity index (χ0v) is 10.4. The standard InChI is InChI=1S/C12H6Cl2N2O2/c13-5-1-3-7-9(11(5)17)16-10-8(15-7)4-2-6(14)12(10)18/h1-4,17-18H. The highest BCUT2D eigenvalue weighted by atomic mass is 35.5. The van der Waals surface area contributed by atoms with E-state index >= 15 is 0 Å². The molecule has 6 heteroatoms. The minimum atomic E-state index is -0.164. The topological polar surface area (TPSA) is 66.2 Å². The number of hydrogen-bond donors (Lipinski definition) is 2. The Hall–Kier alpha value is -1.78. The van der Waals surface area contributed by atoms with Gasteiger partial charge in [0.2, 0.25) is 0 Å². The maximum Gasteiger partial charge on any atom is 0.162 e. The summed E-state index contributed by atoms with van der Waals surface area (Å²) < 4.78 is 0. The molecule has 0 aliphatic rings. The first-order chi connectivity index (χ1) is 8.58. The van der Waals surface area contributed by atoms with E-state index < -0.39 is 0 Å². The van der Waals surface area contributed by atoms with Crippen molar-refractivity contribution >= 4 is 45.3 Å². The van der Waals surface area contributed by atoms with E-state index in [1.54, 1.807) is 12.1 Å². The summed E-state index contributed by atoms with van der Waals surface area (Å²) in [6.07, 6.45) is 0. The van der Waals surface area contributed by atoms with Gasteiger partial charge >= 0.3 is 0 Å². The minimum Gasteiger partial charge on any atom is -0.504 e. The molecular formula is C12H6Cl2N2O2. The third-order valence-corrected chi connectivity index (χ3v) is 3.24. The van der Waals surface area contributed by atoms with Gasteiger partial charge in [-0.15, -0.1) is 0 Å². The molecule has 0 radical (unpaired) electrons. The van der Waals surface area contributed by atoms with E-state index in [1.165, 1.54) is 12.1 Å². The van der Waals surface area contributed by atoms with Gasteiger partial charge in [0.25, 0.3) is 0 Å². The van der Waals surface area contributed by atoms with Gasteiger partial charge in [0.1, 0.15) is 11.0 Å². The maximum atomic E-state index is 9.83. The molecule has 0 aliphatic heterocycles. The lowest BCUT2D eigenvalue weighted by Gasteiger charge is -2.06. The zero-order chi connectivity index (χ0) is 12.9. The van der Waals surface area contributed by atoms with Gasteiger partial charge in [-0.1, -0.05) is 23.2 Å². The predicted molar refractivity (Wildman–Crippen MR) is 70.4 cm³/mol. The number of halogens is 2. The summed E-state index contributed by atoms with van der Waals surface area (Å²) in [7, 11) is 0. The number of aromatic hydroxyl groups is 2. The average molecular weight is 281 g/mol. The van der Waals surface area contributed by atoms with E-state index in [1.807, 2.05) is 0 Å². The second-order valence-electron chi connectivity index (χ2n) is 3.75. The molecule has 0 amide bonds. The normalized spacial score (nSPS) is 11.2. The van der Waals surface area contributed by atoms with Crippen LogP contribution in [0, 0.1) is 0 Å². The van der Waals surface area contributed by atoms with Crippen molar-refractivity contribution < 1.29 is 10.2 Å². The second kappa shape index (κ2) is 3.86. The summed E-state index contributed by atoms with van der Waals surface area (Å²) in [5.41, 5.74) is 1.44. The summed E-state index contributed by atoms with van der Waals surface area (Å²) >= 11 is 11.6. The third kappa shape index (κ3) is 1.54. The van der Waals surface area contributed by atoms with Crippen molar-refractivity contribution in [2.45, 2.75) is 0 Å². The minimum absolute atomic E-state index is 0.164. The molecule has 0 saturated carbocycles. The number of nitrogens with zero attached hydrogens (tertiary/aromatic N) is 2. The van der Waals surface area contributed by atoms with Crippen molar-refractivity contribution in [3.8, 4) is 11.5 Å². The molecule has 0 saturated heterocycles. The number of benzene rings is 2. The highest BCUT2D eigenvalue weighted by Gasteiger charge is 2.12. The molecule has 0 unspecified atom stereocenters. The first-order valence-corrected chi connectivity index (χ1v) is 5.80. The lowest BCUT2D eigenvalue weighted by Crippen LogP contribution is -1.89. The lowest BCUT2D eigenvalue weighted by molar-refractivity contribution is 0.478. The zero-order valence-electron chi connectivity index (χ0n) is 8.85. The fourth-order valence-corrected chi connectivity index (χ4v) is 2.04. The Kier molecular flexibility index (Phi) is 2.43. The summed E-state index contributed by atoms with van der Waals surface area (Å²) in [6, 6.07) is 6.37. The molecule has 3 rings (SSSR count). The highest BCUT2D eigenvalue weighted by molar-refractivity contribution is 6.33. The Morgan fingerprint density at radius 2 is 1.17 bits per heavy atom. The van der Waals surface area contributed by atoms with Crippen molar-refractivity contribution in [1.29, 1.82) is 0 Å². The van der Waals surface area contributed by atoms with Crippen LogP contribution in [-0.2, 0) is 0 Å². The van der Waals surface area contributed by atoms with Crippen LogP contribution in [0.3, 0.4) is 0 Å². The van der Waals surface area contributed by atoms with Gasteiger partial charge in [-0.25, -0.2) is 9.97 Å². The van der Waals surface area contributed by atoms with Gasteiger partial charge < -0.3 is 10.2 Å². The van der Waals surface area contributed by atoms with Gasteiger partial charge in [0, 0.05) is 0 Å². The fraction of sp³-hybridized carbons (Fsp3) is 0. The summed E-state index contributed by atoms with van der Waals surface area (Å²) in [5.74, 6) is -0.328. The van der Waals surface area contributed by atoms with Gasteiger partial charge in [-0.2, -0.15) is 0 Å². The van der Waals surface area contributed by atoms with Gasteiger partial charge in [-0.05, 0) is 24.3 Å². The average Bonchev–Trinajstić information content (AvgIpc) is 2.37. The molecule has 2 aromatic carbocycles. The van der Waals surface area contributed by atoms with Crippen molar-refractivity contribution in [2.75, 3.05) is 0 Å². The van der Waals surface area contributed by atoms with Crippen LogP contribution in [-0.4, -0.2) is 20.2 Å². The van der Waals surface area contributed by atoms with Gasteiger partial charge in [0.05, 0.1) is 21.1 Å². The predicted octanol–water partition coefficient (Wildman–Crippen LogP) is 3.50. The Bertz CT molecular complexity index is 727. The number of phenolic OH excluding ortho intramolecular Hbond substituents is 2. The van der Waals surface area contributed by atoms with E-state index in [0.717, 1.165) is 0 Å². The van der Waals surface area contributed by atoms with Crippen LogP contribution in [0.1, 0.15) is 0 Å². The SMILES string of the molecule is Oc1c(Cl)ccc2nc3ccc(Cl)c(O)c3nc12. The fourth-order valence-electron chi connectivity index (χ4n) is 1.73. The Labute approximate surface area is 111 Å². The molecule has 0 bridgehead atoms. The maximum absolute atomic E-state index is 9.83. The van der Waals surface area contributed by atoms with Crippen LogP contribution in [0.15, 0.2) is 24.3 Å². The van der Waals surface area contributed by atoms with Crippen LogP contribution in [0.2, 0.25) is 10.0 Å². The first-order valence-electron chi connectivity index (χ1n) is 5.04. The second-order valence-corrected chi connectivity index (χ2v) is 4.57. The highest BCUT2D eigenvalue weighted by Crippen LogP contribution is 2.35. The molecule has 2 N–H and O–H groups in total. The molecule has 0 atom stereocenters. The number of fused-ring (bicyclic) bond motifs is 2. The Balaban J connectivity index is 2.52. The van der Waals surface area contributed by atoms with Crippen LogP contribution in [0.4, 0.5) is 0 Å². The number of hydrogen-bond acceptors (Lipinski definition) is 4. The molecular weight excluding hydrogens is 275 g/mol. The molecule has 0 aliphatic carbocycles. The van der Waals surface area contributed by atoms with E-state index in [0.29, 0.717) is 11.0 Å². The van der Waals surface area contributed by atoms with Gasteiger partial charge in [0.15, 0.2) is 11.5 Å². The number of phenols is 2. The Morgan fingerprint density at radius 1 is 0.722 bits per heavy atom. The molecule has 4 nitrogen and oxygen atoms in total. The van der Waals surface area contributed by atoms with E-state index in [-0.39, 0.29) is 32.6 Å². The molecule has 90 valence electrons. The summed E-state index contributed by atoms with van der Waals surface area (Å²) in [6.45, 7) is 0. The largest absolute Gasteiger partial charge is 0.504 e. The van der Waals surface area contributed by atoms with E-state index in [2.05, 4.69) is 9.97 Å². The van der Waals surface area contributed by atoms with E-state index in [9.17, 15) is 10.2 Å². The lowest BCUT2D eigenvalue weighted by atomic mass is 10.2. The first kappa shape index (κ1) is 11.3. The summed E-state index contributed by atoms with van der Waals surface area (Å²) in [5, 5.41) is 20.0. The van der Waals surface area contributed by atoms with Crippen molar-refractivity contribution in [1.82, 2.24) is 9.97 Å². The monoisotopic (exact) mass is 280 g/mol. The number of aromatic nitrogens is 2. The van der Waals surface area contributed by atoms with Gasteiger partial charge in [-0.3, -0.25) is 0 Å². The van der Waals surface area contributed by atoms with Crippen molar-refractivity contribution in [3.05, 3.63) is 34.3 Å². The van der Waals surface area contributed by atoms with Crippen LogP contribution in [0.25, 0.3) is 22.1 Å². The van der Waals surface area contributed by atoms with Crippen LogP contribution in [0.5, 0.6) is 11.5 Å². The van der Waals surface area contributed by atoms with Crippen molar-refractivity contribution in [3.63, 3.8) is 0 Å². The molecule has 1 heterocycles. The number of rotatable bonds is 0. The molecule has 3 aromatic rings.